The van der Waals surface area contributed by atoms with Gasteiger partial charge in [-0.3, -0.25) is 0 Å². The molecule has 7 heteroatoms. The lowest BCUT2D eigenvalue weighted by Gasteiger charge is -2.33. The number of hydrogen-bond donors (Lipinski definition) is 1. The largest absolute Gasteiger partial charge is 0.496 e. The lowest BCUT2D eigenvalue weighted by atomic mass is 10.1. The maximum absolute atomic E-state index is 12.8. The fraction of sp³-hybridized carbons (Fsp3) is 0.571. The number of hydrogen-bond acceptors (Lipinski definition) is 4. The molecule has 0 saturated carbocycles. The van der Waals surface area contributed by atoms with E-state index in [0.29, 0.717) is 24.5 Å². The van der Waals surface area contributed by atoms with Crippen molar-refractivity contribution in [1.29, 1.82) is 0 Å². The summed E-state index contributed by atoms with van der Waals surface area (Å²) in [6, 6.07) is 3.46. The summed E-state index contributed by atoms with van der Waals surface area (Å²) in [7, 11) is -1.86. The van der Waals surface area contributed by atoms with Gasteiger partial charge >= 0.3 is 0 Å². The lowest BCUT2D eigenvalue weighted by molar-refractivity contribution is 0.283. The van der Waals surface area contributed by atoms with E-state index in [1.165, 1.54) is 0 Å². The normalized spacial score (nSPS) is 19.9. The fourth-order valence-corrected chi connectivity index (χ4v) is 4.49. The third-order valence-corrected chi connectivity index (χ3v) is 5.87. The first kappa shape index (κ1) is 18.2. The highest BCUT2D eigenvalue weighted by atomic mass is 35.5. The van der Waals surface area contributed by atoms with Gasteiger partial charge in [0, 0.05) is 25.7 Å². The van der Waals surface area contributed by atoms with Gasteiger partial charge < -0.3 is 10.1 Å². The van der Waals surface area contributed by atoms with Crippen LogP contribution in [0.15, 0.2) is 17.0 Å². The van der Waals surface area contributed by atoms with Crippen LogP contribution < -0.4 is 10.1 Å². The van der Waals surface area contributed by atoms with E-state index in [2.05, 4.69) is 5.32 Å². The van der Waals surface area contributed by atoms with Gasteiger partial charge in [-0.15, -0.1) is 12.4 Å². The van der Waals surface area contributed by atoms with Crippen LogP contribution in [0, 0.1) is 13.8 Å². The molecule has 21 heavy (non-hydrogen) atoms. The zero-order valence-corrected chi connectivity index (χ0v) is 14.5. The highest BCUT2D eigenvalue weighted by Gasteiger charge is 2.32. The van der Waals surface area contributed by atoms with E-state index in [9.17, 15) is 8.42 Å². The molecule has 1 fully saturated rings. The molecule has 1 atom stereocenters. The first-order valence-corrected chi connectivity index (χ1v) is 8.19. The van der Waals surface area contributed by atoms with E-state index >= 15 is 0 Å². The smallest absolute Gasteiger partial charge is 0.243 e. The minimum absolute atomic E-state index is 0. The van der Waals surface area contributed by atoms with Gasteiger partial charge in [0.2, 0.25) is 10.0 Å². The van der Waals surface area contributed by atoms with E-state index in [1.807, 2.05) is 20.8 Å². The molecule has 0 amide bonds. The molecule has 0 spiro atoms. The second-order valence-corrected chi connectivity index (χ2v) is 7.12. The summed E-state index contributed by atoms with van der Waals surface area (Å²) >= 11 is 0. The molecule has 1 aliphatic rings. The van der Waals surface area contributed by atoms with Crippen LogP contribution in [0.5, 0.6) is 5.75 Å². The van der Waals surface area contributed by atoms with E-state index in [4.69, 9.17) is 4.74 Å². The molecule has 5 nitrogen and oxygen atoms in total. The van der Waals surface area contributed by atoms with Crippen molar-refractivity contribution in [2.24, 2.45) is 0 Å². The Morgan fingerprint density at radius 2 is 1.95 bits per heavy atom. The topological polar surface area (TPSA) is 58.6 Å². The van der Waals surface area contributed by atoms with Crippen LogP contribution in [0.4, 0.5) is 0 Å². The van der Waals surface area contributed by atoms with Crippen molar-refractivity contribution in [3.8, 4) is 5.75 Å². The summed E-state index contributed by atoms with van der Waals surface area (Å²) in [6.45, 7) is 7.48. The highest BCUT2D eigenvalue weighted by Crippen LogP contribution is 2.28. The molecule has 0 radical (unpaired) electrons. The Kier molecular flexibility index (Phi) is 6.04. The van der Waals surface area contributed by atoms with Crippen LogP contribution in [0.2, 0.25) is 0 Å². The summed E-state index contributed by atoms with van der Waals surface area (Å²) in [6.07, 6.45) is 0. The lowest BCUT2D eigenvalue weighted by Crippen LogP contribution is -2.52. The minimum Gasteiger partial charge on any atom is -0.496 e. The van der Waals surface area contributed by atoms with Crippen LogP contribution >= 0.6 is 12.4 Å². The monoisotopic (exact) mass is 334 g/mol. The van der Waals surface area contributed by atoms with Gasteiger partial charge in [-0.25, -0.2) is 8.42 Å². The molecule has 1 aromatic carbocycles. The Morgan fingerprint density at radius 1 is 1.29 bits per heavy atom. The molecular formula is C14H23ClN2O3S. The molecule has 1 aliphatic heterocycles. The zero-order chi connectivity index (χ0) is 14.9. The predicted octanol–water partition coefficient (Wildman–Crippen LogP) is 1.72. The number of methoxy groups -OCH3 is 1. The highest BCUT2D eigenvalue weighted by molar-refractivity contribution is 7.89. The number of nitrogens with one attached hydrogen (secondary N) is 1. The molecule has 1 aromatic rings. The van der Waals surface area contributed by atoms with Gasteiger partial charge in [0.15, 0.2) is 0 Å². The molecule has 0 aliphatic carbocycles. The van der Waals surface area contributed by atoms with Gasteiger partial charge in [0.05, 0.1) is 12.0 Å². The molecule has 120 valence electrons. The Bertz CT molecular complexity index is 604. The SMILES string of the molecule is COc1cc(C)c(S(=O)(=O)N2CCNCC2C)cc1C.Cl. The number of piperazine rings is 1. The van der Waals surface area contributed by atoms with Gasteiger partial charge in [0.25, 0.3) is 0 Å². The Morgan fingerprint density at radius 3 is 2.52 bits per heavy atom. The van der Waals surface area contributed by atoms with E-state index in [-0.39, 0.29) is 18.4 Å². The van der Waals surface area contributed by atoms with E-state index < -0.39 is 10.0 Å². The third-order valence-electron chi connectivity index (χ3n) is 3.72. The standard InChI is InChI=1S/C14H22N2O3S.ClH/c1-10-8-14(11(2)7-13(10)19-4)20(17,18)16-6-5-15-9-12(16)3;/h7-8,12,15H,5-6,9H2,1-4H3;1H. The summed E-state index contributed by atoms with van der Waals surface area (Å²) < 4.78 is 32.5. The molecular weight excluding hydrogens is 312 g/mol. The summed E-state index contributed by atoms with van der Waals surface area (Å²) in [5.74, 6) is 0.717. The summed E-state index contributed by atoms with van der Waals surface area (Å²) in [4.78, 5) is 0.379. The van der Waals surface area contributed by atoms with Crippen LogP contribution in [-0.4, -0.2) is 45.5 Å². The molecule has 2 rings (SSSR count). The van der Waals surface area contributed by atoms with Crippen LogP contribution in [0.1, 0.15) is 18.1 Å². The van der Waals surface area contributed by atoms with Crippen molar-refractivity contribution in [2.75, 3.05) is 26.7 Å². The number of aryl methyl sites for hydroxylation is 2. The van der Waals surface area contributed by atoms with Crippen molar-refractivity contribution in [2.45, 2.75) is 31.7 Å². The van der Waals surface area contributed by atoms with Crippen LogP contribution in [0.3, 0.4) is 0 Å². The average Bonchev–Trinajstić information content (AvgIpc) is 2.41. The molecule has 1 unspecified atom stereocenters. The number of nitrogens with zero attached hydrogens (tertiary/aromatic N) is 1. The quantitative estimate of drug-likeness (QED) is 0.914. The van der Waals surface area contributed by atoms with Crippen molar-refractivity contribution in [3.05, 3.63) is 23.3 Å². The number of rotatable bonds is 3. The van der Waals surface area contributed by atoms with Crippen LogP contribution in [-0.2, 0) is 10.0 Å². The predicted molar refractivity (Wildman–Crippen MR) is 85.9 cm³/mol. The number of ether oxygens (including phenoxy) is 1. The maximum atomic E-state index is 12.8. The number of sulfonamides is 1. The third kappa shape index (κ3) is 3.51. The Hall–Kier alpha value is -0.820. The van der Waals surface area contributed by atoms with Crippen molar-refractivity contribution in [1.82, 2.24) is 9.62 Å². The van der Waals surface area contributed by atoms with Crippen molar-refractivity contribution >= 4 is 22.4 Å². The second-order valence-electron chi connectivity index (χ2n) is 5.26. The molecule has 1 saturated heterocycles. The first-order valence-electron chi connectivity index (χ1n) is 6.75. The van der Waals surface area contributed by atoms with Gasteiger partial charge in [-0.1, -0.05) is 0 Å². The van der Waals surface area contributed by atoms with Crippen LogP contribution in [0.25, 0.3) is 0 Å². The zero-order valence-electron chi connectivity index (χ0n) is 12.8. The van der Waals surface area contributed by atoms with E-state index in [0.717, 1.165) is 16.9 Å². The maximum Gasteiger partial charge on any atom is 0.243 e. The first-order chi connectivity index (χ1) is 9.37. The van der Waals surface area contributed by atoms with Gasteiger partial charge in [-0.2, -0.15) is 4.31 Å². The fourth-order valence-electron chi connectivity index (χ4n) is 2.57. The number of halogens is 1. The summed E-state index contributed by atoms with van der Waals surface area (Å²) in [5, 5.41) is 3.21. The molecule has 1 N–H and O–H groups in total. The number of benzene rings is 1. The van der Waals surface area contributed by atoms with Gasteiger partial charge in [-0.05, 0) is 44.0 Å². The average molecular weight is 335 g/mol. The second kappa shape index (κ2) is 6.96. The van der Waals surface area contributed by atoms with Crippen molar-refractivity contribution < 1.29 is 13.2 Å². The Balaban J connectivity index is 0.00000220. The Labute approximate surface area is 133 Å². The molecule has 1 heterocycles. The molecule has 0 aromatic heterocycles. The van der Waals surface area contributed by atoms with Gasteiger partial charge in [0.1, 0.15) is 5.75 Å². The van der Waals surface area contributed by atoms with Crippen molar-refractivity contribution in [3.63, 3.8) is 0 Å². The minimum atomic E-state index is -3.45. The van der Waals surface area contributed by atoms with E-state index in [1.54, 1.807) is 23.5 Å². The molecule has 0 bridgehead atoms. The summed E-state index contributed by atoms with van der Waals surface area (Å²) in [5.41, 5.74) is 1.55.